The van der Waals surface area contributed by atoms with Crippen LogP contribution in [0.4, 0.5) is 5.69 Å². The topological polar surface area (TPSA) is 96.0 Å². The van der Waals surface area contributed by atoms with Crippen molar-refractivity contribution < 1.29 is 22.7 Å². The summed E-state index contributed by atoms with van der Waals surface area (Å²) in [4.78, 5) is 30.0. The Morgan fingerprint density at radius 1 is 0.833 bits per heavy atom. The third kappa shape index (κ3) is 9.44. The van der Waals surface area contributed by atoms with Crippen LogP contribution in [0, 0.1) is 0 Å². The van der Waals surface area contributed by atoms with Crippen LogP contribution in [0.1, 0.15) is 38.3 Å². The van der Waals surface area contributed by atoms with Crippen LogP contribution in [-0.4, -0.2) is 50.4 Å². The van der Waals surface area contributed by atoms with Crippen LogP contribution in [0.25, 0.3) is 0 Å². The summed E-state index contributed by atoms with van der Waals surface area (Å²) in [6, 6.07) is 25.4. The molecule has 0 fully saturated rings. The molecule has 48 heavy (non-hydrogen) atoms. The summed E-state index contributed by atoms with van der Waals surface area (Å²) in [6.45, 7) is 5.18. The van der Waals surface area contributed by atoms with Gasteiger partial charge in [-0.25, -0.2) is 8.42 Å². The lowest BCUT2D eigenvalue weighted by Crippen LogP contribution is -2.54. The Morgan fingerprint density at radius 2 is 1.50 bits per heavy atom. The van der Waals surface area contributed by atoms with E-state index in [1.165, 1.54) is 29.2 Å². The van der Waals surface area contributed by atoms with Crippen LogP contribution >= 0.6 is 34.8 Å². The van der Waals surface area contributed by atoms with Gasteiger partial charge in [0.05, 0.1) is 27.2 Å². The van der Waals surface area contributed by atoms with E-state index in [0.717, 1.165) is 9.87 Å². The average Bonchev–Trinajstić information content (AvgIpc) is 3.07. The summed E-state index contributed by atoms with van der Waals surface area (Å²) < 4.78 is 35.5. The van der Waals surface area contributed by atoms with Gasteiger partial charge in [0, 0.05) is 24.0 Å². The number of nitrogens with zero attached hydrogens (tertiary/aromatic N) is 2. The van der Waals surface area contributed by atoms with Crippen molar-refractivity contribution in [2.45, 2.75) is 57.1 Å². The second-order valence-corrected chi connectivity index (χ2v) is 14.3. The molecular weight excluding hydrogens is 693 g/mol. The van der Waals surface area contributed by atoms with E-state index in [-0.39, 0.29) is 52.9 Å². The van der Waals surface area contributed by atoms with Crippen molar-refractivity contribution in [3.8, 4) is 5.75 Å². The molecule has 4 rings (SSSR count). The number of rotatable bonds is 15. The van der Waals surface area contributed by atoms with Crippen molar-refractivity contribution in [1.29, 1.82) is 0 Å². The zero-order valence-corrected chi connectivity index (χ0v) is 30.0. The van der Waals surface area contributed by atoms with Gasteiger partial charge in [0.15, 0.2) is 0 Å². The summed E-state index contributed by atoms with van der Waals surface area (Å²) >= 11 is 18.6. The molecule has 2 atom stereocenters. The number of halogens is 3. The summed E-state index contributed by atoms with van der Waals surface area (Å²) in [5, 5.41) is 3.99. The second kappa shape index (κ2) is 17.1. The minimum Gasteiger partial charge on any atom is -0.492 e. The minimum absolute atomic E-state index is 0.0525. The number of ether oxygens (including phenoxy) is 1. The lowest BCUT2D eigenvalue weighted by Gasteiger charge is -2.34. The van der Waals surface area contributed by atoms with Gasteiger partial charge >= 0.3 is 0 Å². The van der Waals surface area contributed by atoms with Gasteiger partial charge in [0.25, 0.3) is 10.0 Å². The lowest BCUT2D eigenvalue weighted by atomic mass is 10.0. The molecule has 0 radical (unpaired) electrons. The second-order valence-electron chi connectivity index (χ2n) is 11.2. The predicted molar refractivity (Wildman–Crippen MR) is 192 cm³/mol. The van der Waals surface area contributed by atoms with Crippen molar-refractivity contribution in [2.75, 3.05) is 17.5 Å². The van der Waals surface area contributed by atoms with Gasteiger partial charge in [-0.3, -0.25) is 13.9 Å². The number of sulfonamides is 1. The van der Waals surface area contributed by atoms with Crippen molar-refractivity contribution in [1.82, 2.24) is 10.2 Å². The smallest absolute Gasteiger partial charge is 0.264 e. The Labute approximate surface area is 297 Å². The largest absolute Gasteiger partial charge is 0.492 e. The number of carbonyl (C=O) groups is 2. The molecule has 4 aromatic carbocycles. The Balaban J connectivity index is 1.86. The normalized spacial score (nSPS) is 12.5. The zero-order chi connectivity index (χ0) is 34.8. The molecule has 0 aliphatic heterocycles. The molecule has 4 aromatic rings. The van der Waals surface area contributed by atoms with Crippen molar-refractivity contribution in [3.63, 3.8) is 0 Å². The molecule has 0 aliphatic rings. The molecule has 8 nitrogen and oxygen atoms in total. The van der Waals surface area contributed by atoms with Gasteiger partial charge in [-0.15, -0.1) is 0 Å². The maximum absolute atomic E-state index is 14.7. The van der Waals surface area contributed by atoms with Gasteiger partial charge in [0.2, 0.25) is 11.8 Å². The molecule has 0 bridgehead atoms. The molecular formula is C36H38Cl3N3O5S. The number of para-hydroxylation sites is 2. The molecule has 0 spiro atoms. The highest BCUT2D eigenvalue weighted by Crippen LogP contribution is 2.33. The number of hydrogen-bond donors (Lipinski definition) is 1. The standard InChI is InChI=1S/C36H38Cl3N3O5S/c1-4-25(3)40-36(44)33(22-26-11-7-6-8-12-26)41(23-27-15-20-30(38)31(39)21-27)35(43)24-42(32-13-9-10-14-34(32)47-5-2)48(45,46)29-18-16-28(37)17-19-29/h6-21,25,33H,4-5,22-24H2,1-3H3,(H,40,44). The predicted octanol–water partition coefficient (Wildman–Crippen LogP) is 7.80. The number of hydrogen-bond acceptors (Lipinski definition) is 5. The first-order valence-corrected chi connectivity index (χ1v) is 18.1. The minimum atomic E-state index is -4.35. The molecule has 2 amide bonds. The van der Waals surface area contributed by atoms with Crippen LogP contribution in [0.15, 0.2) is 102 Å². The molecule has 0 saturated heterocycles. The molecule has 1 N–H and O–H groups in total. The maximum Gasteiger partial charge on any atom is 0.264 e. The van der Waals surface area contributed by atoms with E-state index in [0.29, 0.717) is 22.0 Å². The average molecular weight is 731 g/mol. The van der Waals surface area contributed by atoms with Gasteiger partial charge in [0.1, 0.15) is 18.3 Å². The van der Waals surface area contributed by atoms with E-state index in [9.17, 15) is 18.0 Å². The van der Waals surface area contributed by atoms with Crippen LogP contribution < -0.4 is 14.4 Å². The fourth-order valence-corrected chi connectivity index (χ4v) is 6.89. The summed E-state index contributed by atoms with van der Waals surface area (Å²) in [5.41, 5.74) is 1.59. The van der Waals surface area contributed by atoms with Gasteiger partial charge in [-0.05, 0) is 79.9 Å². The Morgan fingerprint density at radius 3 is 2.15 bits per heavy atom. The van der Waals surface area contributed by atoms with E-state index < -0.39 is 28.5 Å². The fraction of sp³-hybridized carbons (Fsp3) is 0.278. The van der Waals surface area contributed by atoms with E-state index >= 15 is 0 Å². The van der Waals surface area contributed by atoms with E-state index in [4.69, 9.17) is 39.5 Å². The summed E-state index contributed by atoms with van der Waals surface area (Å²) in [6.07, 6.45) is 0.849. The lowest BCUT2D eigenvalue weighted by molar-refractivity contribution is -0.140. The van der Waals surface area contributed by atoms with Gasteiger partial charge in [-0.2, -0.15) is 0 Å². The highest BCUT2D eigenvalue weighted by Gasteiger charge is 2.36. The number of carbonyl (C=O) groups excluding carboxylic acids is 2. The number of amides is 2. The third-order valence-corrected chi connectivity index (χ3v) is 10.5. The molecule has 0 aromatic heterocycles. The van der Waals surface area contributed by atoms with E-state index in [1.807, 2.05) is 44.2 Å². The van der Waals surface area contributed by atoms with Crippen molar-refractivity contribution in [2.24, 2.45) is 0 Å². The van der Waals surface area contributed by atoms with Crippen LogP contribution in [0.2, 0.25) is 15.1 Å². The fourth-order valence-electron chi connectivity index (χ4n) is 5.02. The SMILES string of the molecule is CCOc1ccccc1N(CC(=O)N(Cc1ccc(Cl)c(Cl)c1)C(Cc1ccccc1)C(=O)NC(C)CC)S(=O)(=O)c1ccc(Cl)cc1. The zero-order valence-electron chi connectivity index (χ0n) is 26.9. The van der Waals surface area contributed by atoms with Crippen LogP contribution in [-0.2, 0) is 32.6 Å². The third-order valence-electron chi connectivity index (χ3n) is 7.72. The first-order valence-electron chi connectivity index (χ1n) is 15.5. The molecule has 2 unspecified atom stereocenters. The first kappa shape index (κ1) is 37.1. The molecule has 12 heteroatoms. The quantitative estimate of drug-likeness (QED) is 0.135. The monoisotopic (exact) mass is 729 g/mol. The van der Waals surface area contributed by atoms with Gasteiger partial charge in [-0.1, -0.05) is 90.3 Å². The Bertz CT molecular complexity index is 1810. The molecule has 0 saturated carbocycles. The van der Waals surface area contributed by atoms with Gasteiger partial charge < -0.3 is 15.0 Å². The first-order chi connectivity index (χ1) is 22.9. The van der Waals surface area contributed by atoms with Crippen molar-refractivity contribution >= 4 is 62.3 Å². The van der Waals surface area contributed by atoms with Crippen molar-refractivity contribution in [3.05, 3.63) is 123 Å². The summed E-state index contributed by atoms with van der Waals surface area (Å²) in [7, 11) is -4.35. The van der Waals surface area contributed by atoms with E-state index in [1.54, 1.807) is 49.4 Å². The Hall–Kier alpha value is -3.76. The number of anilines is 1. The van der Waals surface area contributed by atoms with Crippen LogP contribution in [0.3, 0.4) is 0 Å². The Kier molecular flexibility index (Phi) is 13.2. The highest BCUT2D eigenvalue weighted by atomic mass is 35.5. The highest BCUT2D eigenvalue weighted by molar-refractivity contribution is 7.92. The number of benzene rings is 4. The summed E-state index contributed by atoms with van der Waals surface area (Å²) in [5.74, 6) is -0.717. The number of nitrogens with one attached hydrogen (secondary N) is 1. The van der Waals surface area contributed by atoms with Crippen LogP contribution in [0.5, 0.6) is 5.75 Å². The molecule has 0 aliphatic carbocycles. The maximum atomic E-state index is 14.7. The van der Waals surface area contributed by atoms with E-state index in [2.05, 4.69) is 5.32 Å². The molecule has 254 valence electrons. The molecule has 0 heterocycles.